The molecule has 2 aliphatic rings. The first-order valence-electron chi connectivity index (χ1n) is 12.8. The molecular weight excluding hydrogens is 428 g/mol. The highest BCUT2D eigenvalue weighted by atomic mass is 28.4. The van der Waals surface area contributed by atoms with Gasteiger partial charge in [0.1, 0.15) is 5.75 Å². The van der Waals surface area contributed by atoms with Gasteiger partial charge in [-0.15, -0.1) is 0 Å². The monoisotopic (exact) mass is 472 g/mol. The fourth-order valence-electron chi connectivity index (χ4n) is 5.04. The standard InChI is InChI=1S/C28H44O4Si/c1-8-9-10-12-20(29)15-16-22-24(30)18-19-17-23-21(13-11-14-25(23)31-5)27(26(19)22)32-33(6,7)28(2,3)4/h11,13-14,19-20,27,29H,8-10,12,15-18H2,1-7H3/t19?,20-,27+/m0/s1. The van der Waals surface area contributed by atoms with E-state index in [-0.39, 0.29) is 28.9 Å². The van der Waals surface area contributed by atoms with Crippen molar-refractivity contribution in [2.45, 2.75) is 109 Å². The molecule has 1 aromatic carbocycles. The van der Waals surface area contributed by atoms with E-state index in [0.717, 1.165) is 49.0 Å². The summed E-state index contributed by atoms with van der Waals surface area (Å²) in [5, 5.41) is 10.6. The van der Waals surface area contributed by atoms with Crippen LogP contribution in [0.4, 0.5) is 0 Å². The van der Waals surface area contributed by atoms with Gasteiger partial charge in [0.05, 0.1) is 19.3 Å². The molecule has 4 nitrogen and oxygen atoms in total. The van der Waals surface area contributed by atoms with Crippen molar-refractivity contribution in [1.82, 2.24) is 0 Å². The van der Waals surface area contributed by atoms with Gasteiger partial charge in [-0.25, -0.2) is 0 Å². The van der Waals surface area contributed by atoms with Crippen LogP contribution in [0, 0.1) is 5.92 Å². The van der Waals surface area contributed by atoms with Crippen molar-refractivity contribution < 1.29 is 19.1 Å². The van der Waals surface area contributed by atoms with Crippen LogP contribution in [-0.4, -0.2) is 32.4 Å². The van der Waals surface area contributed by atoms with Crippen molar-refractivity contribution in [2.24, 2.45) is 5.92 Å². The zero-order valence-corrected chi connectivity index (χ0v) is 22.8. The molecule has 1 N–H and O–H groups in total. The number of aliphatic hydroxyl groups is 1. The topological polar surface area (TPSA) is 55.8 Å². The molecule has 1 unspecified atom stereocenters. The van der Waals surface area contributed by atoms with Gasteiger partial charge in [0.2, 0.25) is 0 Å². The SMILES string of the molecule is CCCCC[C@H](O)CCC1=C2C(CC1=O)Cc1c(OC)cccc1[C@H]2O[Si](C)(C)C(C)(C)C. The van der Waals surface area contributed by atoms with E-state index in [1.165, 1.54) is 11.1 Å². The lowest BCUT2D eigenvalue weighted by Crippen LogP contribution is -2.43. The first-order valence-corrected chi connectivity index (χ1v) is 15.7. The number of rotatable bonds is 10. The zero-order chi connectivity index (χ0) is 24.4. The fourth-order valence-corrected chi connectivity index (χ4v) is 6.23. The summed E-state index contributed by atoms with van der Waals surface area (Å²) in [6.45, 7) is 13.5. The third-order valence-electron chi connectivity index (χ3n) is 8.05. The van der Waals surface area contributed by atoms with Gasteiger partial charge in [0.25, 0.3) is 0 Å². The van der Waals surface area contributed by atoms with Crippen molar-refractivity contribution in [1.29, 1.82) is 0 Å². The minimum Gasteiger partial charge on any atom is -0.496 e. The lowest BCUT2D eigenvalue weighted by atomic mass is 9.78. The highest BCUT2D eigenvalue weighted by Crippen LogP contribution is 2.52. The summed E-state index contributed by atoms with van der Waals surface area (Å²) in [6.07, 6.45) is 6.28. The molecule has 0 bridgehead atoms. The van der Waals surface area contributed by atoms with Crippen molar-refractivity contribution in [2.75, 3.05) is 7.11 Å². The maximum Gasteiger partial charge on any atom is 0.193 e. The second kappa shape index (κ2) is 10.5. The van der Waals surface area contributed by atoms with Gasteiger partial charge in [-0.2, -0.15) is 0 Å². The van der Waals surface area contributed by atoms with Gasteiger partial charge in [-0.1, -0.05) is 59.1 Å². The molecule has 0 radical (unpaired) electrons. The third-order valence-corrected chi connectivity index (χ3v) is 12.5. The maximum absolute atomic E-state index is 13.2. The third kappa shape index (κ3) is 5.63. The largest absolute Gasteiger partial charge is 0.496 e. The summed E-state index contributed by atoms with van der Waals surface area (Å²) in [5.74, 6) is 1.30. The van der Waals surface area contributed by atoms with Crippen LogP contribution in [0.1, 0.15) is 89.9 Å². The molecule has 0 aromatic heterocycles. The molecule has 0 saturated carbocycles. The van der Waals surface area contributed by atoms with Gasteiger partial charge in [-0.05, 0) is 72.5 Å². The van der Waals surface area contributed by atoms with E-state index in [4.69, 9.17) is 9.16 Å². The van der Waals surface area contributed by atoms with E-state index < -0.39 is 8.32 Å². The van der Waals surface area contributed by atoms with Crippen molar-refractivity contribution in [3.8, 4) is 5.75 Å². The van der Waals surface area contributed by atoms with Crippen LogP contribution in [0.15, 0.2) is 29.3 Å². The number of allylic oxidation sites excluding steroid dienone is 1. The van der Waals surface area contributed by atoms with E-state index in [2.05, 4.69) is 46.9 Å². The Balaban J connectivity index is 1.98. The molecule has 0 amide bonds. The predicted molar refractivity (Wildman–Crippen MR) is 137 cm³/mol. The lowest BCUT2D eigenvalue weighted by Gasteiger charge is -2.43. The quantitative estimate of drug-likeness (QED) is 0.296. The summed E-state index contributed by atoms with van der Waals surface area (Å²) in [7, 11) is -0.384. The molecule has 33 heavy (non-hydrogen) atoms. The Morgan fingerprint density at radius 1 is 1.15 bits per heavy atom. The van der Waals surface area contributed by atoms with E-state index in [9.17, 15) is 9.90 Å². The van der Waals surface area contributed by atoms with Crippen LogP contribution >= 0.6 is 0 Å². The molecule has 0 spiro atoms. The molecule has 3 atom stereocenters. The van der Waals surface area contributed by atoms with E-state index in [1.807, 2.05) is 12.1 Å². The number of fused-ring (bicyclic) bond motifs is 2. The first kappa shape index (κ1) is 26.2. The Kier molecular flexibility index (Phi) is 8.29. The number of carbonyl (C=O) groups is 1. The molecule has 0 aliphatic heterocycles. The molecule has 1 aromatic rings. The summed E-state index contributed by atoms with van der Waals surface area (Å²) in [4.78, 5) is 13.2. The molecule has 184 valence electrons. The van der Waals surface area contributed by atoms with Gasteiger partial charge < -0.3 is 14.3 Å². The van der Waals surface area contributed by atoms with Crippen LogP contribution in [0.5, 0.6) is 5.75 Å². The average molecular weight is 473 g/mol. The van der Waals surface area contributed by atoms with Crippen LogP contribution in [0.3, 0.4) is 0 Å². The van der Waals surface area contributed by atoms with Crippen molar-refractivity contribution in [3.63, 3.8) is 0 Å². The van der Waals surface area contributed by atoms with Crippen LogP contribution in [-0.2, 0) is 15.6 Å². The Bertz CT molecular complexity index is 880. The number of hydrogen-bond donors (Lipinski definition) is 1. The van der Waals surface area contributed by atoms with Gasteiger partial charge in [-0.3, -0.25) is 4.79 Å². The number of Topliss-reactive ketones (excluding diaryl/α,β-unsaturated/α-hetero) is 1. The van der Waals surface area contributed by atoms with Gasteiger partial charge >= 0.3 is 0 Å². The highest BCUT2D eigenvalue weighted by Gasteiger charge is 2.47. The number of benzene rings is 1. The minimum absolute atomic E-state index is 0.0672. The Labute approximate surface area is 201 Å². The Morgan fingerprint density at radius 2 is 1.88 bits per heavy atom. The van der Waals surface area contributed by atoms with Crippen LogP contribution in [0.2, 0.25) is 18.1 Å². The number of carbonyl (C=O) groups excluding carboxylic acids is 1. The van der Waals surface area contributed by atoms with Crippen LogP contribution in [0.25, 0.3) is 0 Å². The molecular formula is C28H44O4Si. The van der Waals surface area contributed by atoms with Crippen molar-refractivity contribution >= 4 is 14.1 Å². The number of ketones is 1. The van der Waals surface area contributed by atoms with Crippen molar-refractivity contribution in [3.05, 3.63) is 40.5 Å². The highest BCUT2D eigenvalue weighted by molar-refractivity contribution is 6.74. The second-order valence-corrected chi connectivity index (χ2v) is 16.2. The second-order valence-electron chi connectivity index (χ2n) is 11.4. The summed E-state index contributed by atoms with van der Waals surface area (Å²) in [5.41, 5.74) is 4.45. The van der Waals surface area contributed by atoms with E-state index in [0.29, 0.717) is 19.3 Å². The molecule has 0 fully saturated rings. The van der Waals surface area contributed by atoms with E-state index >= 15 is 0 Å². The summed E-state index contributed by atoms with van der Waals surface area (Å²) < 4.78 is 12.8. The number of methoxy groups -OCH3 is 1. The Hall–Kier alpha value is -1.43. The lowest BCUT2D eigenvalue weighted by molar-refractivity contribution is -0.115. The minimum atomic E-state index is -2.10. The fraction of sp³-hybridized carbons (Fsp3) is 0.679. The summed E-state index contributed by atoms with van der Waals surface area (Å²) >= 11 is 0. The smallest absolute Gasteiger partial charge is 0.193 e. The first-order chi connectivity index (χ1) is 15.5. The average Bonchev–Trinajstić information content (AvgIpc) is 3.05. The molecule has 0 saturated heterocycles. The molecule has 2 aliphatic carbocycles. The molecule has 3 rings (SSSR count). The number of ether oxygens (including phenoxy) is 1. The van der Waals surface area contributed by atoms with E-state index in [1.54, 1.807) is 7.11 Å². The summed E-state index contributed by atoms with van der Waals surface area (Å²) in [6, 6.07) is 6.20. The maximum atomic E-state index is 13.2. The predicted octanol–water partition coefficient (Wildman–Crippen LogP) is 6.92. The number of aliphatic hydroxyl groups excluding tert-OH is 1. The zero-order valence-electron chi connectivity index (χ0n) is 21.8. The number of unbranched alkanes of at least 4 members (excludes halogenated alkanes) is 2. The van der Waals surface area contributed by atoms with Gasteiger partial charge in [0, 0.05) is 12.0 Å². The molecule has 0 heterocycles. The number of hydrogen-bond acceptors (Lipinski definition) is 4. The Morgan fingerprint density at radius 3 is 2.52 bits per heavy atom. The van der Waals surface area contributed by atoms with Gasteiger partial charge in [0.15, 0.2) is 14.1 Å². The normalized spacial score (nSPS) is 21.8. The van der Waals surface area contributed by atoms with Crippen LogP contribution < -0.4 is 4.74 Å². The molecule has 5 heteroatoms.